The average molecular weight is 295 g/mol. The number of thiazole rings is 1. The fourth-order valence-corrected chi connectivity index (χ4v) is 3.26. The number of rotatable bonds is 1. The molecule has 2 aromatic heterocycles. The first-order chi connectivity index (χ1) is 8.66. The number of fused-ring (bicyclic) bond motifs is 1. The number of H-pyrrole nitrogens is 1. The van der Waals surface area contributed by atoms with Gasteiger partial charge in [0.2, 0.25) is 0 Å². The summed E-state index contributed by atoms with van der Waals surface area (Å²) in [6, 6.07) is 6.15. The van der Waals surface area contributed by atoms with Crippen LogP contribution in [-0.2, 0) is 0 Å². The predicted octanol–water partition coefficient (Wildman–Crippen LogP) is 4.01. The Hall–Kier alpha value is -1.44. The molecule has 0 amide bonds. The number of nitrogens with one attached hydrogen (secondary N) is 1. The average Bonchev–Trinajstić information content (AvgIpc) is 2.69. The van der Waals surface area contributed by atoms with E-state index in [4.69, 9.17) is 24.4 Å². The summed E-state index contributed by atoms with van der Waals surface area (Å²) < 4.78 is 16.8. The molecule has 0 spiro atoms. The van der Waals surface area contributed by atoms with E-state index in [1.54, 1.807) is 12.1 Å². The van der Waals surface area contributed by atoms with Crippen LogP contribution in [0.1, 0.15) is 0 Å². The molecule has 0 fully saturated rings. The van der Waals surface area contributed by atoms with Gasteiger partial charge in [-0.15, -0.1) is 0 Å². The van der Waals surface area contributed by atoms with Crippen LogP contribution in [0, 0.1) is 14.4 Å². The van der Waals surface area contributed by atoms with Crippen molar-refractivity contribution in [1.82, 2.24) is 14.5 Å². The molecule has 7 heteroatoms. The molecule has 0 aliphatic carbocycles. The van der Waals surface area contributed by atoms with Crippen LogP contribution in [0.15, 0.2) is 30.6 Å². The summed E-state index contributed by atoms with van der Waals surface area (Å²) in [5.74, 6) is -0.278. The second kappa shape index (κ2) is 4.34. The lowest BCUT2D eigenvalue weighted by Crippen LogP contribution is -1.95. The first-order valence-electron chi connectivity index (χ1n) is 5.02. The molecule has 0 unspecified atom stereocenters. The van der Waals surface area contributed by atoms with Crippen molar-refractivity contribution < 1.29 is 4.39 Å². The maximum Gasteiger partial charge on any atom is 0.168 e. The van der Waals surface area contributed by atoms with Gasteiger partial charge < -0.3 is 4.98 Å². The Kier molecular flexibility index (Phi) is 2.81. The summed E-state index contributed by atoms with van der Waals surface area (Å²) in [6.45, 7) is 0. The summed E-state index contributed by atoms with van der Waals surface area (Å²) in [7, 11) is 0. The summed E-state index contributed by atoms with van der Waals surface area (Å²) in [4.78, 5) is 7.05. The minimum Gasteiger partial charge on any atom is -0.331 e. The molecular weight excluding hydrogens is 289 g/mol. The van der Waals surface area contributed by atoms with E-state index in [1.165, 1.54) is 29.8 Å². The number of aromatic amines is 1. The molecule has 0 saturated heterocycles. The van der Waals surface area contributed by atoms with Crippen molar-refractivity contribution in [3.05, 3.63) is 45.0 Å². The lowest BCUT2D eigenvalue weighted by molar-refractivity contribution is 0.627. The van der Waals surface area contributed by atoms with Crippen LogP contribution in [0.4, 0.5) is 4.39 Å². The first kappa shape index (κ1) is 11.6. The Morgan fingerprint density at radius 3 is 2.67 bits per heavy atom. The van der Waals surface area contributed by atoms with Crippen molar-refractivity contribution in [1.29, 1.82) is 0 Å². The third-order valence-electron chi connectivity index (χ3n) is 2.47. The molecule has 3 rings (SSSR count). The van der Waals surface area contributed by atoms with Gasteiger partial charge in [-0.05, 0) is 36.5 Å². The molecule has 18 heavy (non-hydrogen) atoms. The van der Waals surface area contributed by atoms with E-state index >= 15 is 0 Å². The summed E-state index contributed by atoms with van der Waals surface area (Å²) in [6.07, 6.45) is 1.53. The molecule has 0 bridgehead atoms. The third kappa shape index (κ3) is 1.80. The van der Waals surface area contributed by atoms with Gasteiger partial charge in [-0.3, -0.25) is 4.57 Å². The topological polar surface area (TPSA) is 33.6 Å². The third-order valence-corrected chi connectivity index (χ3v) is 4.29. The molecule has 2 heterocycles. The van der Waals surface area contributed by atoms with Crippen LogP contribution in [0.3, 0.4) is 0 Å². The van der Waals surface area contributed by atoms with Crippen molar-refractivity contribution in [2.45, 2.75) is 0 Å². The molecule has 0 saturated carbocycles. The van der Waals surface area contributed by atoms with Crippen LogP contribution in [0.25, 0.3) is 16.0 Å². The van der Waals surface area contributed by atoms with Crippen LogP contribution < -0.4 is 0 Å². The van der Waals surface area contributed by atoms with Crippen molar-refractivity contribution in [2.75, 3.05) is 0 Å². The Balaban J connectivity index is 2.39. The van der Waals surface area contributed by atoms with Gasteiger partial charge in [-0.2, -0.15) is 0 Å². The number of hydrogen-bond donors (Lipinski definition) is 1. The molecule has 0 atom stereocenters. The van der Waals surface area contributed by atoms with E-state index in [0.29, 0.717) is 8.59 Å². The smallest absolute Gasteiger partial charge is 0.168 e. The van der Waals surface area contributed by atoms with Gasteiger partial charge in [0.25, 0.3) is 0 Å². The van der Waals surface area contributed by atoms with Crippen LogP contribution in [-0.4, -0.2) is 14.5 Å². The fraction of sp³-hybridized carbons (Fsp3) is 0. The number of halogens is 1. The molecule has 1 N–H and O–H groups in total. The molecule has 1 aromatic carbocycles. The molecular formula is C11H6FN3S3. The highest BCUT2D eigenvalue weighted by Gasteiger charge is 2.09. The van der Waals surface area contributed by atoms with Gasteiger partial charge in [0.05, 0.1) is 6.33 Å². The van der Waals surface area contributed by atoms with Gasteiger partial charge in [0.1, 0.15) is 20.8 Å². The maximum atomic E-state index is 12.9. The Morgan fingerprint density at radius 1 is 1.22 bits per heavy atom. The Bertz CT molecular complexity index is 829. The number of aromatic nitrogens is 3. The number of hydrogen-bond acceptors (Lipinski definition) is 4. The molecule has 3 nitrogen and oxygen atoms in total. The van der Waals surface area contributed by atoms with Crippen molar-refractivity contribution in [3.63, 3.8) is 0 Å². The molecule has 0 aliphatic heterocycles. The van der Waals surface area contributed by atoms with Crippen LogP contribution in [0.5, 0.6) is 0 Å². The van der Waals surface area contributed by atoms with Crippen molar-refractivity contribution in [2.24, 2.45) is 0 Å². The highest BCUT2D eigenvalue weighted by Crippen LogP contribution is 2.25. The Labute approximate surface area is 116 Å². The van der Waals surface area contributed by atoms with Gasteiger partial charge in [-0.1, -0.05) is 23.6 Å². The van der Waals surface area contributed by atoms with Gasteiger partial charge in [-0.25, -0.2) is 9.37 Å². The molecule has 0 aliphatic rings. The van der Waals surface area contributed by atoms with E-state index in [9.17, 15) is 4.39 Å². The molecule has 0 radical (unpaired) electrons. The quantitative estimate of drug-likeness (QED) is 0.689. The van der Waals surface area contributed by atoms with Gasteiger partial charge >= 0.3 is 0 Å². The van der Waals surface area contributed by atoms with E-state index in [2.05, 4.69) is 9.97 Å². The van der Waals surface area contributed by atoms with E-state index < -0.39 is 0 Å². The van der Waals surface area contributed by atoms with E-state index in [0.717, 1.165) is 16.0 Å². The van der Waals surface area contributed by atoms with Crippen molar-refractivity contribution >= 4 is 46.1 Å². The molecule has 90 valence electrons. The zero-order valence-electron chi connectivity index (χ0n) is 8.88. The summed E-state index contributed by atoms with van der Waals surface area (Å²) >= 11 is 11.9. The van der Waals surface area contributed by atoms with E-state index in [-0.39, 0.29) is 5.82 Å². The molecule has 3 aromatic rings. The number of nitrogens with zero attached hydrogens (tertiary/aromatic N) is 2. The lowest BCUT2D eigenvalue weighted by Gasteiger charge is -2.03. The Morgan fingerprint density at radius 2 is 1.94 bits per heavy atom. The highest BCUT2D eigenvalue weighted by molar-refractivity contribution is 7.74. The summed E-state index contributed by atoms with van der Waals surface area (Å²) in [5, 5.41) is 0. The van der Waals surface area contributed by atoms with Crippen LogP contribution >= 0.6 is 35.8 Å². The monoisotopic (exact) mass is 295 g/mol. The summed E-state index contributed by atoms with van der Waals surface area (Å²) in [5.41, 5.74) is 1.58. The zero-order valence-corrected chi connectivity index (χ0v) is 11.3. The predicted molar refractivity (Wildman–Crippen MR) is 74.9 cm³/mol. The first-order valence-corrected chi connectivity index (χ1v) is 6.65. The largest absolute Gasteiger partial charge is 0.331 e. The maximum absolute atomic E-state index is 12.9. The lowest BCUT2D eigenvalue weighted by atomic mass is 10.3. The second-order valence-electron chi connectivity index (χ2n) is 3.57. The highest BCUT2D eigenvalue weighted by atomic mass is 32.1. The normalized spacial score (nSPS) is 10.9. The van der Waals surface area contributed by atoms with Gasteiger partial charge in [0.15, 0.2) is 3.95 Å². The van der Waals surface area contributed by atoms with Crippen LogP contribution in [0.2, 0.25) is 0 Å². The minimum atomic E-state index is -0.278. The number of benzene rings is 1. The van der Waals surface area contributed by atoms with Gasteiger partial charge in [0, 0.05) is 5.69 Å². The van der Waals surface area contributed by atoms with E-state index in [1.807, 2.05) is 4.57 Å². The SMILES string of the molecule is Fc1ccc(-n2c(=S)sc3c(=S)nc[nH]c32)cc1. The second-order valence-corrected chi connectivity index (χ2v) is 5.60. The fourth-order valence-electron chi connectivity index (χ4n) is 1.68. The standard InChI is InChI=1S/C11H6FN3S3/c12-6-1-3-7(4-2-6)15-9-8(18-11(15)17)10(16)14-5-13-9/h1-5H,(H,13,14,16). The van der Waals surface area contributed by atoms with Crippen molar-refractivity contribution in [3.8, 4) is 5.69 Å². The minimum absolute atomic E-state index is 0.278. The zero-order chi connectivity index (χ0) is 12.7.